The summed E-state index contributed by atoms with van der Waals surface area (Å²) in [6.45, 7) is 0.900. The average Bonchev–Trinajstić information content (AvgIpc) is 2.86. The van der Waals surface area contributed by atoms with Crippen LogP contribution in [-0.4, -0.2) is 17.4 Å². The van der Waals surface area contributed by atoms with E-state index in [1.807, 2.05) is 29.6 Å². The molecule has 0 radical (unpaired) electrons. The molecule has 0 aliphatic carbocycles. The van der Waals surface area contributed by atoms with E-state index in [9.17, 15) is 4.79 Å². The highest BCUT2D eigenvalue weighted by molar-refractivity contribution is 7.09. The Labute approximate surface area is 103 Å². The molecule has 17 heavy (non-hydrogen) atoms. The van der Waals surface area contributed by atoms with Gasteiger partial charge in [-0.3, -0.25) is 4.79 Å². The lowest BCUT2D eigenvalue weighted by atomic mass is 10.2. The van der Waals surface area contributed by atoms with Gasteiger partial charge in [0.2, 0.25) is 5.91 Å². The van der Waals surface area contributed by atoms with Crippen LogP contribution >= 0.6 is 11.3 Å². The summed E-state index contributed by atoms with van der Waals surface area (Å²) in [4.78, 5) is 17.9. The van der Waals surface area contributed by atoms with Gasteiger partial charge in [0, 0.05) is 11.6 Å². The Hall–Kier alpha value is -1.88. The van der Waals surface area contributed by atoms with Crippen LogP contribution in [0.25, 0.3) is 0 Å². The Bertz CT molecular complexity index is 538. The van der Waals surface area contributed by atoms with Crippen LogP contribution in [-0.2, 0) is 11.3 Å². The fourth-order valence-electron chi connectivity index (χ4n) is 1.90. The number of benzene rings is 1. The van der Waals surface area contributed by atoms with Crippen LogP contribution in [0.5, 0.6) is 0 Å². The van der Waals surface area contributed by atoms with Gasteiger partial charge >= 0.3 is 0 Å². The van der Waals surface area contributed by atoms with E-state index < -0.39 is 0 Å². The van der Waals surface area contributed by atoms with Crippen molar-refractivity contribution in [2.45, 2.75) is 6.54 Å². The second kappa shape index (κ2) is 4.18. The summed E-state index contributed by atoms with van der Waals surface area (Å²) in [5.41, 5.74) is 1.93. The molecule has 0 atom stereocenters. The lowest BCUT2D eigenvalue weighted by molar-refractivity contribution is -0.117. The zero-order valence-electron chi connectivity index (χ0n) is 9.09. The molecular formula is C12H11N3OS. The van der Waals surface area contributed by atoms with E-state index >= 15 is 0 Å². The number of para-hydroxylation sites is 2. The van der Waals surface area contributed by atoms with Crippen LogP contribution < -0.4 is 10.2 Å². The van der Waals surface area contributed by atoms with E-state index in [1.165, 1.54) is 0 Å². The first kappa shape index (κ1) is 10.3. The fraction of sp³-hybridized carbons (Fsp3) is 0.167. The third-order valence-corrected chi connectivity index (χ3v) is 3.47. The van der Waals surface area contributed by atoms with Gasteiger partial charge in [0.1, 0.15) is 5.01 Å². The Kier molecular flexibility index (Phi) is 2.53. The van der Waals surface area contributed by atoms with Gasteiger partial charge in [0.05, 0.1) is 24.5 Å². The number of thiazole rings is 1. The molecule has 0 fully saturated rings. The summed E-state index contributed by atoms with van der Waals surface area (Å²) in [6.07, 6.45) is 1.76. The largest absolute Gasteiger partial charge is 0.374 e. The predicted molar refractivity (Wildman–Crippen MR) is 68.2 cm³/mol. The van der Waals surface area contributed by atoms with E-state index in [0.29, 0.717) is 13.1 Å². The quantitative estimate of drug-likeness (QED) is 0.881. The zero-order chi connectivity index (χ0) is 11.7. The maximum Gasteiger partial charge on any atom is 0.246 e. The van der Waals surface area contributed by atoms with Crippen LogP contribution in [0.1, 0.15) is 5.01 Å². The minimum atomic E-state index is 0.0823. The molecule has 1 aromatic heterocycles. The summed E-state index contributed by atoms with van der Waals surface area (Å²) in [6, 6.07) is 7.83. The molecule has 5 heteroatoms. The lowest BCUT2D eigenvalue weighted by Crippen LogP contribution is -2.39. The van der Waals surface area contributed by atoms with Gasteiger partial charge in [0.15, 0.2) is 0 Å². The standard InChI is InChI=1S/C12H11N3OS/c16-12-7-14-9-3-1-2-4-10(9)15(12)8-11-13-5-6-17-11/h1-6,14H,7-8H2. The molecule has 2 heterocycles. The van der Waals surface area contributed by atoms with Crippen molar-refractivity contribution in [1.82, 2.24) is 4.98 Å². The normalized spacial score (nSPS) is 14.4. The van der Waals surface area contributed by atoms with E-state index in [4.69, 9.17) is 0 Å². The summed E-state index contributed by atoms with van der Waals surface area (Å²) >= 11 is 1.57. The monoisotopic (exact) mass is 245 g/mol. The van der Waals surface area contributed by atoms with Gasteiger partial charge in [-0.1, -0.05) is 12.1 Å². The summed E-state index contributed by atoms with van der Waals surface area (Å²) in [5.74, 6) is 0.0823. The molecule has 1 N–H and O–H groups in total. The molecular weight excluding hydrogens is 234 g/mol. The Morgan fingerprint density at radius 3 is 3.12 bits per heavy atom. The van der Waals surface area contributed by atoms with Crippen LogP contribution in [0.15, 0.2) is 35.8 Å². The first-order valence-electron chi connectivity index (χ1n) is 5.36. The predicted octanol–water partition coefficient (Wildman–Crippen LogP) is 2.10. The van der Waals surface area contributed by atoms with Crippen molar-refractivity contribution in [3.05, 3.63) is 40.8 Å². The van der Waals surface area contributed by atoms with Crippen LogP contribution in [0, 0.1) is 0 Å². The number of carbonyl (C=O) groups excluding carboxylic acids is 1. The van der Waals surface area contributed by atoms with Crippen LogP contribution in [0.4, 0.5) is 11.4 Å². The van der Waals surface area contributed by atoms with Crippen molar-refractivity contribution in [3.63, 3.8) is 0 Å². The molecule has 1 amide bonds. The molecule has 4 nitrogen and oxygen atoms in total. The first-order chi connectivity index (χ1) is 8.34. The third kappa shape index (κ3) is 1.89. The molecule has 86 valence electrons. The summed E-state index contributed by atoms with van der Waals surface area (Å²) in [5, 5.41) is 5.99. The van der Waals surface area contributed by atoms with Gasteiger partial charge in [-0.25, -0.2) is 4.98 Å². The van der Waals surface area contributed by atoms with Crippen LogP contribution in [0.2, 0.25) is 0 Å². The van der Waals surface area contributed by atoms with Crippen LogP contribution in [0.3, 0.4) is 0 Å². The molecule has 1 aromatic carbocycles. The number of fused-ring (bicyclic) bond motifs is 1. The van der Waals surface area contributed by atoms with Gasteiger partial charge in [-0.2, -0.15) is 0 Å². The Morgan fingerprint density at radius 1 is 1.41 bits per heavy atom. The van der Waals surface area contributed by atoms with Gasteiger partial charge in [-0.15, -0.1) is 11.3 Å². The molecule has 0 saturated carbocycles. The summed E-state index contributed by atoms with van der Waals surface area (Å²) in [7, 11) is 0. The fourth-order valence-corrected chi connectivity index (χ4v) is 2.50. The SMILES string of the molecule is O=C1CNc2ccccc2N1Cc1nccs1. The lowest BCUT2D eigenvalue weighted by Gasteiger charge is -2.29. The number of nitrogens with zero attached hydrogens (tertiary/aromatic N) is 2. The highest BCUT2D eigenvalue weighted by atomic mass is 32.1. The highest BCUT2D eigenvalue weighted by Gasteiger charge is 2.23. The van der Waals surface area contributed by atoms with Gasteiger partial charge < -0.3 is 10.2 Å². The van der Waals surface area contributed by atoms with Crippen molar-refractivity contribution in [3.8, 4) is 0 Å². The molecule has 0 unspecified atom stereocenters. The molecule has 1 aliphatic heterocycles. The number of hydrogen-bond donors (Lipinski definition) is 1. The number of aromatic nitrogens is 1. The smallest absolute Gasteiger partial charge is 0.246 e. The first-order valence-corrected chi connectivity index (χ1v) is 6.24. The van der Waals surface area contributed by atoms with Crippen molar-refractivity contribution in [1.29, 1.82) is 0 Å². The maximum absolute atomic E-state index is 11.9. The average molecular weight is 245 g/mol. The highest BCUT2D eigenvalue weighted by Crippen LogP contribution is 2.30. The molecule has 0 saturated heterocycles. The summed E-state index contributed by atoms with van der Waals surface area (Å²) < 4.78 is 0. The van der Waals surface area contributed by atoms with E-state index in [2.05, 4.69) is 10.3 Å². The molecule has 0 bridgehead atoms. The molecule has 0 spiro atoms. The maximum atomic E-state index is 11.9. The number of amides is 1. The number of nitrogens with one attached hydrogen (secondary N) is 1. The minimum absolute atomic E-state index is 0.0823. The third-order valence-electron chi connectivity index (χ3n) is 2.70. The Balaban J connectivity index is 1.95. The molecule has 2 aromatic rings. The van der Waals surface area contributed by atoms with E-state index in [1.54, 1.807) is 22.4 Å². The zero-order valence-corrected chi connectivity index (χ0v) is 9.91. The second-order valence-electron chi connectivity index (χ2n) is 3.78. The molecule has 1 aliphatic rings. The minimum Gasteiger partial charge on any atom is -0.374 e. The second-order valence-corrected chi connectivity index (χ2v) is 4.76. The Morgan fingerprint density at radius 2 is 2.29 bits per heavy atom. The van der Waals surface area contributed by atoms with Gasteiger partial charge in [-0.05, 0) is 12.1 Å². The van der Waals surface area contributed by atoms with Crippen molar-refractivity contribution < 1.29 is 4.79 Å². The topological polar surface area (TPSA) is 45.2 Å². The van der Waals surface area contributed by atoms with Crippen molar-refractivity contribution in [2.75, 3.05) is 16.8 Å². The number of hydrogen-bond acceptors (Lipinski definition) is 4. The molecule has 3 rings (SSSR count). The number of anilines is 2. The van der Waals surface area contributed by atoms with Crippen molar-refractivity contribution >= 4 is 28.6 Å². The number of carbonyl (C=O) groups is 1. The number of rotatable bonds is 2. The van der Waals surface area contributed by atoms with E-state index in [-0.39, 0.29) is 5.91 Å². The van der Waals surface area contributed by atoms with E-state index in [0.717, 1.165) is 16.4 Å². The van der Waals surface area contributed by atoms with Gasteiger partial charge in [0.25, 0.3) is 0 Å². The van der Waals surface area contributed by atoms with Crippen molar-refractivity contribution in [2.24, 2.45) is 0 Å².